The maximum atomic E-state index is 13.1. The fourth-order valence-corrected chi connectivity index (χ4v) is 5.35. The molecule has 3 N–H and O–H groups in total. The minimum absolute atomic E-state index is 0.0933. The largest absolute Gasteiger partial charge is 0.488 e. The van der Waals surface area contributed by atoms with E-state index in [-0.39, 0.29) is 18.1 Å². The van der Waals surface area contributed by atoms with E-state index in [1.165, 1.54) is 9.75 Å². The van der Waals surface area contributed by atoms with Gasteiger partial charge in [0, 0.05) is 40.0 Å². The Hall–Kier alpha value is -3.20. The number of benzene rings is 2. The Morgan fingerprint density at radius 2 is 2.09 bits per heavy atom. The zero-order valence-corrected chi connectivity index (χ0v) is 21.3. The normalized spacial score (nSPS) is 14.2. The van der Waals surface area contributed by atoms with Crippen LogP contribution < -0.4 is 20.7 Å². The summed E-state index contributed by atoms with van der Waals surface area (Å²) in [5, 5.41) is 12.6. The molecule has 1 atom stereocenters. The van der Waals surface area contributed by atoms with E-state index in [1.807, 2.05) is 43.5 Å². The van der Waals surface area contributed by atoms with Crippen molar-refractivity contribution in [2.45, 2.75) is 32.5 Å². The molecule has 0 bridgehead atoms. The number of nitrogens with zero attached hydrogens (tertiary/aromatic N) is 1. The number of nitrogens with one attached hydrogen (secondary N) is 3. The van der Waals surface area contributed by atoms with Gasteiger partial charge in [0.05, 0.1) is 12.6 Å². The summed E-state index contributed by atoms with van der Waals surface area (Å²) in [6, 6.07) is 18.3. The Morgan fingerprint density at radius 3 is 2.86 bits per heavy atom. The lowest BCUT2D eigenvalue weighted by Crippen LogP contribution is -2.50. The first-order valence-corrected chi connectivity index (χ1v) is 13.4. The minimum atomic E-state index is -0.131. The SMILES string of the molecule is Cc1ccc(OC2CNC2)cc1C(=O)NC(C)c1cccc(-c2ccc(CNc3nccs3)s2)c1. The van der Waals surface area contributed by atoms with Gasteiger partial charge in [-0.15, -0.1) is 22.7 Å². The van der Waals surface area contributed by atoms with E-state index in [9.17, 15) is 4.79 Å². The number of aryl methyl sites for hydroxylation is 1. The predicted molar refractivity (Wildman–Crippen MR) is 144 cm³/mol. The maximum absolute atomic E-state index is 13.1. The highest BCUT2D eigenvalue weighted by molar-refractivity contribution is 7.15. The van der Waals surface area contributed by atoms with Gasteiger partial charge in [-0.05, 0) is 60.9 Å². The molecule has 180 valence electrons. The second-order valence-corrected chi connectivity index (χ2v) is 10.7. The number of thiophene rings is 1. The average molecular weight is 505 g/mol. The van der Waals surface area contributed by atoms with Crippen molar-refractivity contribution in [3.8, 4) is 16.2 Å². The zero-order chi connectivity index (χ0) is 24.2. The molecule has 35 heavy (non-hydrogen) atoms. The van der Waals surface area contributed by atoms with Gasteiger partial charge in [-0.2, -0.15) is 0 Å². The molecule has 0 spiro atoms. The average Bonchev–Trinajstić information content (AvgIpc) is 3.53. The summed E-state index contributed by atoms with van der Waals surface area (Å²) in [4.78, 5) is 19.8. The van der Waals surface area contributed by atoms with Crippen LogP contribution in [0.4, 0.5) is 5.13 Å². The lowest BCUT2D eigenvalue weighted by molar-refractivity contribution is 0.0937. The quantitative estimate of drug-likeness (QED) is 0.275. The molecule has 1 unspecified atom stereocenters. The summed E-state index contributed by atoms with van der Waals surface area (Å²) in [5.74, 6) is 0.643. The number of hydrogen-bond acceptors (Lipinski definition) is 7. The van der Waals surface area contributed by atoms with Crippen molar-refractivity contribution in [1.29, 1.82) is 0 Å². The second kappa shape index (κ2) is 10.6. The summed E-state index contributed by atoms with van der Waals surface area (Å²) in [6.45, 7) is 6.41. The second-order valence-electron chi connectivity index (χ2n) is 8.65. The number of carbonyl (C=O) groups is 1. The van der Waals surface area contributed by atoms with E-state index < -0.39 is 0 Å². The van der Waals surface area contributed by atoms with E-state index in [2.05, 4.69) is 51.3 Å². The third-order valence-electron chi connectivity index (χ3n) is 6.03. The van der Waals surface area contributed by atoms with Gasteiger partial charge < -0.3 is 20.7 Å². The molecule has 3 heterocycles. The molecule has 2 aromatic heterocycles. The molecule has 0 aliphatic carbocycles. The van der Waals surface area contributed by atoms with E-state index in [0.29, 0.717) is 5.56 Å². The summed E-state index contributed by atoms with van der Waals surface area (Å²) in [7, 11) is 0. The highest BCUT2D eigenvalue weighted by Gasteiger charge is 2.20. The van der Waals surface area contributed by atoms with E-state index in [4.69, 9.17) is 4.74 Å². The lowest BCUT2D eigenvalue weighted by Gasteiger charge is -2.28. The Labute approximate surface area is 213 Å². The predicted octanol–water partition coefficient (Wildman–Crippen LogP) is 5.63. The first kappa shape index (κ1) is 23.5. The summed E-state index contributed by atoms with van der Waals surface area (Å²) in [5.41, 5.74) is 3.79. The number of aromatic nitrogens is 1. The van der Waals surface area contributed by atoms with Crippen LogP contribution in [0.25, 0.3) is 10.4 Å². The van der Waals surface area contributed by atoms with Gasteiger partial charge in [0.15, 0.2) is 5.13 Å². The summed E-state index contributed by atoms with van der Waals surface area (Å²) < 4.78 is 5.94. The molecule has 8 heteroatoms. The van der Waals surface area contributed by atoms with Crippen LogP contribution in [0.2, 0.25) is 0 Å². The van der Waals surface area contributed by atoms with Gasteiger partial charge in [-0.25, -0.2) is 4.98 Å². The molecule has 1 fully saturated rings. The first-order chi connectivity index (χ1) is 17.0. The van der Waals surface area contributed by atoms with Gasteiger partial charge in [-0.3, -0.25) is 4.79 Å². The van der Waals surface area contributed by atoms with Crippen LogP contribution in [0.5, 0.6) is 5.75 Å². The Morgan fingerprint density at radius 1 is 1.20 bits per heavy atom. The van der Waals surface area contributed by atoms with Crippen LogP contribution in [-0.4, -0.2) is 30.1 Å². The molecular weight excluding hydrogens is 476 g/mol. The van der Waals surface area contributed by atoms with E-state index in [0.717, 1.165) is 47.2 Å². The van der Waals surface area contributed by atoms with Crippen molar-refractivity contribution in [1.82, 2.24) is 15.6 Å². The molecule has 4 aromatic rings. The standard InChI is InChI=1S/C27H28N4O2S2/c1-17-6-7-21(33-22-14-28-15-22)13-24(17)26(32)31-18(2)19-4-3-5-20(12-19)25-9-8-23(35-25)16-30-27-29-10-11-34-27/h3-13,18,22,28H,14-16H2,1-2H3,(H,29,30)(H,31,32). The lowest BCUT2D eigenvalue weighted by atomic mass is 10.0. The van der Waals surface area contributed by atoms with Gasteiger partial charge in [0.2, 0.25) is 0 Å². The number of thiazole rings is 1. The van der Waals surface area contributed by atoms with Crippen molar-refractivity contribution >= 4 is 33.7 Å². The third kappa shape index (κ3) is 5.73. The Bertz CT molecular complexity index is 1300. The number of amides is 1. The highest BCUT2D eigenvalue weighted by atomic mass is 32.1. The maximum Gasteiger partial charge on any atom is 0.252 e. The monoisotopic (exact) mass is 504 g/mol. The van der Waals surface area contributed by atoms with Crippen LogP contribution in [0, 0.1) is 6.92 Å². The summed E-state index contributed by atoms with van der Waals surface area (Å²) in [6.07, 6.45) is 1.98. The Kier molecular flexibility index (Phi) is 7.13. The van der Waals surface area contributed by atoms with Crippen molar-refractivity contribution in [2.24, 2.45) is 0 Å². The molecular formula is C27H28N4O2S2. The van der Waals surface area contributed by atoms with Crippen LogP contribution in [-0.2, 0) is 6.54 Å². The van der Waals surface area contributed by atoms with Crippen molar-refractivity contribution in [3.63, 3.8) is 0 Å². The van der Waals surface area contributed by atoms with Crippen molar-refractivity contribution < 1.29 is 9.53 Å². The number of anilines is 1. The van der Waals surface area contributed by atoms with Crippen molar-refractivity contribution in [3.05, 3.63) is 87.7 Å². The molecule has 5 rings (SSSR count). The van der Waals surface area contributed by atoms with Crippen LogP contribution in [0.1, 0.15) is 39.3 Å². The van der Waals surface area contributed by atoms with Gasteiger partial charge >= 0.3 is 0 Å². The van der Waals surface area contributed by atoms with Gasteiger partial charge in [0.25, 0.3) is 5.91 Å². The highest BCUT2D eigenvalue weighted by Crippen LogP contribution is 2.31. The number of ether oxygens (including phenoxy) is 1. The van der Waals surface area contributed by atoms with E-state index >= 15 is 0 Å². The molecule has 1 aliphatic rings. The molecule has 1 aliphatic heterocycles. The molecule has 6 nitrogen and oxygen atoms in total. The minimum Gasteiger partial charge on any atom is -0.488 e. The van der Waals surface area contributed by atoms with Crippen LogP contribution >= 0.6 is 22.7 Å². The van der Waals surface area contributed by atoms with Crippen LogP contribution in [0.3, 0.4) is 0 Å². The number of hydrogen-bond donors (Lipinski definition) is 3. The van der Waals surface area contributed by atoms with Crippen molar-refractivity contribution in [2.75, 3.05) is 18.4 Å². The molecule has 0 saturated carbocycles. The fraction of sp³-hybridized carbons (Fsp3) is 0.259. The topological polar surface area (TPSA) is 75.3 Å². The molecule has 2 aromatic carbocycles. The molecule has 1 amide bonds. The molecule has 0 radical (unpaired) electrons. The zero-order valence-electron chi connectivity index (χ0n) is 19.7. The Balaban J connectivity index is 1.25. The van der Waals surface area contributed by atoms with Gasteiger partial charge in [-0.1, -0.05) is 24.3 Å². The smallest absolute Gasteiger partial charge is 0.252 e. The first-order valence-electron chi connectivity index (χ1n) is 11.7. The number of carbonyl (C=O) groups excluding carboxylic acids is 1. The number of rotatable bonds is 9. The fourth-order valence-electron chi connectivity index (χ4n) is 3.88. The van der Waals surface area contributed by atoms with E-state index in [1.54, 1.807) is 28.9 Å². The third-order valence-corrected chi connectivity index (χ3v) is 7.89. The van der Waals surface area contributed by atoms with Gasteiger partial charge in [0.1, 0.15) is 11.9 Å². The molecule has 1 saturated heterocycles. The van der Waals surface area contributed by atoms with Crippen LogP contribution in [0.15, 0.2) is 66.2 Å². The summed E-state index contributed by atoms with van der Waals surface area (Å²) >= 11 is 3.36.